The average Bonchev–Trinajstić information content (AvgIpc) is 2.60. The van der Waals surface area contributed by atoms with E-state index in [-0.39, 0.29) is 16.8 Å². The van der Waals surface area contributed by atoms with Crippen molar-refractivity contribution in [3.05, 3.63) is 65.7 Å². The molecular weight excluding hydrogens is 336 g/mol. The van der Waals surface area contributed by atoms with Gasteiger partial charge >= 0.3 is 0 Å². The van der Waals surface area contributed by atoms with Crippen LogP contribution in [0, 0.1) is 0 Å². The molecule has 1 N–H and O–H groups in total. The first-order chi connectivity index (χ1) is 11.8. The Bertz CT molecular complexity index is 818. The van der Waals surface area contributed by atoms with Gasteiger partial charge in [0, 0.05) is 25.7 Å². The Balaban J connectivity index is 2.01. The van der Waals surface area contributed by atoms with E-state index in [0.717, 1.165) is 17.1 Å². The van der Waals surface area contributed by atoms with Crippen LogP contribution < -0.4 is 5.32 Å². The number of rotatable bonds is 7. The Kier molecular flexibility index (Phi) is 6.33. The van der Waals surface area contributed by atoms with Crippen molar-refractivity contribution in [3.8, 4) is 0 Å². The van der Waals surface area contributed by atoms with Gasteiger partial charge in [0.2, 0.25) is 10.0 Å². The lowest BCUT2D eigenvalue weighted by molar-refractivity contribution is 0.0938. The highest BCUT2D eigenvalue weighted by Crippen LogP contribution is 2.15. The van der Waals surface area contributed by atoms with Crippen molar-refractivity contribution in [1.82, 2.24) is 9.62 Å². The van der Waals surface area contributed by atoms with E-state index in [1.807, 2.05) is 25.1 Å². The van der Waals surface area contributed by atoms with Crippen molar-refractivity contribution in [1.29, 1.82) is 0 Å². The topological polar surface area (TPSA) is 66.5 Å². The van der Waals surface area contributed by atoms with Crippen molar-refractivity contribution in [3.63, 3.8) is 0 Å². The van der Waals surface area contributed by atoms with Gasteiger partial charge in [0.25, 0.3) is 5.91 Å². The summed E-state index contributed by atoms with van der Waals surface area (Å²) in [4.78, 5) is 12.5. The smallest absolute Gasteiger partial charge is 0.251 e. The molecule has 0 aromatic heterocycles. The molecule has 0 aliphatic rings. The largest absolute Gasteiger partial charge is 0.350 e. The fourth-order valence-electron chi connectivity index (χ4n) is 2.42. The van der Waals surface area contributed by atoms with Gasteiger partial charge in [0.15, 0.2) is 0 Å². The number of hydrogen-bond donors (Lipinski definition) is 1. The molecule has 6 heteroatoms. The van der Waals surface area contributed by atoms with Gasteiger partial charge in [-0.1, -0.05) is 36.4 Å². The van der Waals surface area contributed by atoms with Crippen LogP contribution in [0.15, 0.2) is 59.5 Å². The molecule has 1 atom stereocenters. The third-order valence-electron chi connectivity index (χ3n) is 3.96. The molecule has 5 nitrogen and oxygen atoms in total. The molecule has 0 aliphatic carbocycles. The number of nitrogens with one attached hydrogen (secondary N) is 1. The summed E-state index contributed by atoms with van der Waals surface area (Å²) in [6.45, 7) is 1.95. The molecule has 0 spiro atoms. The summed E-state index contributed by atoms with van der Waals surface area (Å²) in [7, 11) is -0.622. The number of nitrogens with zero attached hydrogens (tertiary/aromatic N) is 1. The average molecular weight is 360 g/mol. The lowest BCUT2D eigenvalue weighted by Crippen LogP contribution is -2.33. The zero-order valence-corrected chi connectivity index (χ0v) is 15.6. The highest BCUT2D eigenvalue weighted by Gasteiger charge is 2.19. The van der Waals surface area contributed by atoms with Crippen LogP contribution in [0.2, 0.25) is 0 Å². The van der Waals surface area contributed by atoms with E-state index < -0.39 is 10.0 Å². The number of benzene rings is 2. The number of carbonyl (C=O) groups is 1. The second-order valence-electron chi connectivity index (χ2n) is 6.21. The van der Waals surface area contributed by atoms with Crippen LogP contribution in [0.3, 0.4) is 0 Å². The number of sulfonamides is 1. The van der Waals surface area contributed by atoms with Gasteiger partial charge in [-0.3, -0.25) is 4.79 Å². The maximum Gasteiger partial charge on any atom is 0.251 e. The summed E-state index contributed by atoms with van der Waals surface area (Å²) in [5.74, 6) is -0.267. The first kappa shape index (κ1) is 19.1. The number of aryl methyl sites for hydroxylation is 1. The standard InChI is InChI=1S/C19H24N2O3S/c1-15(12-13-16-8-5-4-6-9-16)20-19(22)17-10-7-11-18(14-17)25(23,24)21(2)3/h4-11,14-15H,12-13H2,1-3H3,(H,20,22). The number of amides is 1. The summed E-state index contributed by atoms with van der Waals surface area (Å²) in [5, 5.41) is 2.93. The molecule has 0 fully saturated rings. The molecule has 1 unspecified atom stereocenters. The van der Waals surface area contributed by atoms with E-state index in [4.69, 9.17) is 0 Å². The highest BCUT2D eigenvalue weighted by atomic mass is 32.2. The molecule has 134 valence electrons. The molecule has 2 aromatic rings. The molecule has 0 saturated carbocycles. The molecule has 2 aromatic carbocycles. The molecule has 0 aliphatic heterocycles. The monoisotopic (exact) mass is 360 g/mol. The predicted octanol–water partition coefficient (Wildman–Crippen LogP) is 2.69. The Morgan fingerprint density at radius 2 is 1.76 bits per heavy atom. The van der Waals surface area contributed by atoms with E-state index in [1.54, 1.807) is 12.1 Å². The van der Waals surface area contributed by atoms with E-state index in [1.165, 1.54) is 31.8 Å². The van der Waals surface area contributed by atoms with Crippen LogP contribution in [0.1, 0.15) is 29.3 Å². The molecule has 1 amide bonds. The van der Waals surface area contributed by atoms with Crippen LogP contribution in [-0.2, 0) is 16.4 Å². The van der Waals surface area contributed by atoms with Gasteiger partial charge in [0.1, 0.15) is 0 Å². The van der Waals surface area contributed by atoms with Gasteiger partial charge in [-0.15, -0.1) is 0 Å². The van der Waals surface area contributed by atoms with Crippen LogP contribution in [0.4, 0.5) is 0 Å². The highest BCUT2D eigenvalue weighted by molar-refractivity contribution is 7.89. The molecule has 2 rings (SSSR count). The van der Waals surface area contributed by atoms with Crippen LogP contribution in [0.25, 0.3) is 0 Å². The van der Waals surface area contributed by atoms with E-state index in [2.05, 4.69) is 17.4 Å². The molecule has 0 heterocycles. The van der Waals surface area contributed by atoms with Crippen molar-refractivity contribution in [2.45, 2.75) is 30.7 Å². The Labute approximate surface area is 149 Å². The maximum atomic E-state index is 12.4. The number of carbonyl (C=O) groups excluding carboxylic acids is 1. The van der Waals surface area contributed by atoms with Gasteiger partial charge in [0.05, 0.1) is 4.90 Å². The lowest BCUT2D eigenvalue weighted by atomic mass is 10.1. The molecule has 25 heavy (non-hydrogen) atoms. The molecule has 0 radical (unpaired) electrons. The fraction of sp³-hybridized carbons (Fsp3) is 0.316. The van der Waals surface area contributed by atoms with Crippen molar-refractivity contribution >= 4 is 15.9 Å². The zero-order valence-electron chi connectivity index (χ0n) is 14.8. The van der Waals surface area contributed by atoms with Crippen LogP contribution in [0.5, 0.6) is 0 Å². The van der Waals surface area contributed by atoms with E-state index >= 15 is 0 Å². The van der Waals surface area contributed by atoms with Crippen LogP contribution >= 0.6 is 0 Å². The first-order valence-electron chi connectivity index (χ1n) is 8.18. The SMILES string of the molecule is CC(CCc1ccccc1)NC(=O)c1cccc(S(=O)(=O)N(C)C)c1. The fourth-order valence-corrected chi connectivity index (χ4v) is 3.36. The third kappa shape index (κ3) is 5.14. The van der Waals surface area contributed by atoms with E-state index in [9.17, 15) is 13.2 Å². The lowest BCUT2D eigenvalue weighted by Gasteiger charge is -2.15. The summed E-state index contributed by atoms with van der Waals surface area (Å²) >= 11 is 0. The Morgan fingerprint density at radius 1 is 1.08 bits per heavy atom. The van der Waals surface area contributed by atoms with Gasteiger partial charge in [-0.05, 0) is 43.5 Å². The normalized spacial score (nSPS) is 12.8. The number of hydrogen-bond acceptors (Lipinski definition) is 3. The Hall–Kier alpha value is -2.18. The molecular formula is C19H24N2O3S. The Morgan fingerprint density at radius 3 is 2.40 bits per heavy atom. The second-order valence-corrected chi connectivity index (χ2v) is 8.37. The summed E-state index contributed by atoms with van der Waals surface area (Å²) in [5.41, 5.74) is 1.57. The van der Waals surface area contributed by atoms with Gasteiger partial charge in [-0.2, -0.15) is 0 Å². The van der Waals surface area contributed by atoms with Gasteiger partial charge in [-0.25, -0.2) is 12.7 Å². The summed E-state index contributed by atoms with van der Waals surface area (Å²) < 4.78 is 25.5. The van der Waals surface area contributed by atoms with E-state index in [0.29, 0.717) is 5.56 Å². The second kappa shape index (κ2) is 8.27. The van der Waals surface area contributed by atoms with Gasteiger partial charge < -0.3 is 5.32 Å². The molecule has 0 saturated heterocycles. The minimum absolute atomic E-state index is 0.0122. The minimum atomic E-state index is -3.55. The minimum Gasteiger partial charge on any atom is -0.350 e. The summed E-state index contributed by atoms with van der Waals surface area (Å²) in [6.07, 6.45) is 1.68. The van der Waals surface area contributed by atoms with Crippen molar-refractivity contribution < 1.29 is 13.2 Å². The zero-order chi connectivity index (χ0) is 18.4. The van der Waals surface area contributed by atoms with Crippen molar-refractivity contribution in [2.75, 3.05) is 14.1 Å². The maximum absolute atomic E-state index is 12.4. The predicted molar refractivity (Wildman–Crippen MR) is 99.0 cm³/mol. The quantitative estimate of drug-likeness (QED) is 0.825. The summed E-state index contributed by atoms with van der Waals surface area (Å²) in [6, 6.07) is 16.2. The van der Waals surface area contributed by atoms with Crippen molar-refractivity contribution in [2.24, 2.45) is 0 Å². The first-order valence-corrected chi connectivity index (χ1v) is 9.62. The third-order valence-corrected chi connectivity index (χ3v) is 5.77. The van der Waals surface area contributed by atoms with Crippen LogP contribution in [-0.4, -0.2) is 38.8 Å². The molecule has 0 bridgehead atoms.